The molecule has 0 atom stereocenters. The van der Waals surface area contributed by atoms with Gasteiger partial charge in [-0.15, -0.1) is 0 Å². The molecule has 0 spiro atoms. The van der Waals surface area contributed by atoms with E-state index < -0.39 is 10.0 Å². The molecule has 0 aliphatic carbocycles. The molecule has 2 aromatic rings. The molecule has 0 unspecified atom stereocenters. The van der Waals surface area contributed by atoms with E-state index in [4.69, 9.17) is 4.74 Å². The van der Waals surface area contributed by atoms with Gasteiger partial charge in [0.2, 0.25) is 10.0 Å². The lowest BCUT2D eigenvalue weighted by molar-refractivity contribution is 0.414. The number of anilines is 1. The van der Waals surface area contributed by atoms with Crippen LogP contribution in [-0.4, -0.2) is 45.0 Å². The predicted octanol–water partition coefficient (Wildman–Crippen LogP) is 2.51. The van der Waals surface area contributed by atoms with Gasteiger partial charge in [0.25, 0.3) is 0 Å². The Morgan fingerprint density at radius 3 is 2.36 bits per heavy atom. The summed E-state index contributed by atoms with van der Waals surface area (Å²) in [6.07, 6.45) is 3.30. The Labute approximate surface area is 149 Å². The van der Waals surface area contributed by atoms with Gasteiger partial charge in [0.1, 0.15) is 16.5 Å². The van der Waals surface area contributed by atoms with E-state index in [2.05, 4.69) is 4.98 Å². The average molecular weight is 361 g/mol. The maximum Gasteiger partial charge on any atom is 0.244 e. The number of sulfonamides is 1. The Balaban J connectivity index is 1.70. The fourth-order valence-corrected chi connectivity index (χ4v) is 4.38. The van der Waals surface area contributed by atoms with Crippen LogP contribution in [0.4, 0.5) is 5.82 Å². The lowest BCUT2D eigenvalue weighted by atomic mass is 10.2. The molecule has 0 saturated carbocycles. The summed E-state index contributed by atoms with van der Waals surface area (Å²) >= 11 is 0. The van der Waals surface area contributed by atoms with Crippen LogP contribution < -0.4 is 9.64 Å². The smallest absolute Gasteiger partial charge is 0.244 e. The van der Waals surface area contributed by atoms with Crippen molar-refractivity contribution in [2.75, 3.05) is 32.1 Å². The molecular weight excluding hydrogens is 338 g/mol. The minimum absolute atomic E-state index is 0.260. The van der Waals surface area contributed by atoms with Gasteiger partial charge < -0.3 is 9.64 Å². The Kier molecular flexibility index (Phi) is 5.24. The van der Waals surface area contributed by atoms with Gasteiger partial charge in [0.15, 0.2) is 0 Å². The van der Waals surface area contributed by atoms with Gasteiger partial charge in [-0.25, -0.2) is 13.4 Å². The molecule has 1 aromatic carbocycles. The molecule has 6 nitrogen and oxygen atoms in total. The maximum atomic E-state index is 12.5. The van der Waals surface area contributed by atoms with Crippen molar-refractivity contribution in [1.29, 1.82) is 0 Å². The summed E-state index contributed by atoms with van der Waals surface area (Å²) < 4.78 is 31.7. The first-order chi connectivity index (χ1) is 12.0. The summed E-state index contributed by atoms with van der Waals surface area (Å²) in [7, 11) is 0.164. The molecule has 1 aliphatic heterocycles. The molecule has 1 aromatic heterocycles. The van der Waals surface area contributed by atoms with Crippen LogP contribution in [0.2, 0.25) is 0 Å². The van der Waals surface area contributed by atoms with Crippen molar-refractivity contribution in [2.24, 2.45) is 0 Å². The van der Waals surface area contributed by atoms with Gasteiger partial charge in [-0.05, 0) is 42.7 Å². The highest BCUT2D eigenvalue weighted by molar-refractivity contribution is 7.89. The zero-order valence-corrected chi connectivity index (χ0v) is 15.4. The molecule has 1 fully saturated rings. The number of ether oxygens (including phenoxy) is 1. The monoisotopic (exact) mass is 361 g/mol. The van der Waals surface area contributed by atoms with E-state index in [9.17, 15) is 8.42 Å². The lowest BCUT2D eigenvalue weighted by Gasteiger charge is -2.19. The maximum absolute atomic E-state index is 12.5. The van der Waals surface area contributed by atoms with Crippen LogP contribution in [0.3, 0.4) is 0 Å². The highest BCUT2D eigenvalue weighted by Gasteiger charge is 2.27. The number of nitrogens with zero attached hydrogens (tertiary/aromatic N) is 3. The van der Waals surface area contributed by atoms with Crippen molar-refractivity contribution >= 4 is 15.8 Å². The molecule has 0 bridgehead atoms. The molecule has 1 aliphatic rings. The van der Waals surface area contributed by atoms with Crippen LogP contribution in [0.1, 0.15) is 18.4 Å². The molecule has 3 rings (SSSR count). The number of aromatic nitrogens is 1. The van der Waals surface area contributed by atoms with Crippen LogP contribution in [0.15, 0.2) is 47.5 Å². The zero-order chi connectivity index (χ0) is 17.9. The van der Waals surface area contributed by atoms with E-state index >= 15 is 0 Å². The van der Waals surface area contributed by atoms with E-state index in [1.54, 1.807) is 19.2 Å². The highest BCUT2D eigenvalue weighted by atomic mass is 32.2. The standard InChI is InChI=1S/C18H23N3O3S/c1-20(14-15-5-7-16(24-2)8-6-15)18-10-9-17(13-19-18)25(22,23)21-11-3-4-12-21/h5-10,13H,3-4,11-12,14H2,1-2H3. The average Bonchev–Trinajstić information content (AvgIpc) is 3.18. The van der Waals surface area contributed by atoms with Crippen LogP contribution in [0.5, 0.6) is 5.75 Å². The van der Waals surface area contributed by atoms with Gasteiger partial charge in [0.05, 0.1) is 7.11 Å². The van der Waals surface area contributed by atoms with Gasteiger partial charge in [-0.1, -0.05) is 12.1 Å². The Bertz CT molecular complexity index is 798. The zero-order valence-electron chi connectivity index (χ0n) is 14.6. The highest BCUT2D eigenvalue weighted by Crippen LogP contribution is 2.22. The Morgan fingerprint density at radius 2 is 1.80 bits per heavy atom. The minimum atomic E-state index is -3.41. The normalized spacial score (nSPS) is 15.3. The molecular formula is C18H23N3O3S. The summed E-state index contributed by atoms with van der Waals surface area (Å²) in [4.78, 5) is 6.58. The molecule has 25 heavy (non-hydrogen) atoms. The van der Waals surface area contributed by atoms with Crippen molar-refractivity contribution in [3.63, 3.8) is 0 Å². The molecule has 134 valence electrons. The van der Waals surface area contributed by atoms with Crippen molar-refractivity contribution < 1.29 is 13.2 Å². The Morgan fingerprint density at radius 1 is 1.12 bits per heavy atom. The first kappa shape index (κ1) is 17.7. The third-order valence-corrected chi connectivity index (χ3v) is 6.28. The topological polar surface area (TPSA) is 62.7 Å². The summed E-state index contributed by atoms with van der Waals surface area (Å²) in [5.41, 5.74) is 1.12. The molecule has 1 saturated heterocycles. The molecule has 0 amide bonds. The molecule has 2 heterocycles. The van der Waals surface area contributed by atoms with Gasteiger partial charge in [-0.2, -0.15) is 4.31 Å². The molecule has 0 radical (unpaired) electrons. The van der Waals surface area contributed by atoms with Crippen molar-refractivity contribution in [1.82, 2.24) is 9.29 Å². The van der Waals surface area contributed by atoms with Gasteiger partial charge >= 0.3 is 0 Å². The third-order valence-electron chi connectivity index (χ3n) is 4.39. The lowest BCUT2D eigenvalue weighted by Crippen LogP contribution is -2.28. The van der Waals surface area contributed by atoms with Crippen LogP contribution in [-0.2, 0) is 16.6 Å². The second-order valence-corrected chi connectivity index (χ2v) is 8.11. The van der Waals surface area contributed by atoms with Crippen LogP contribution in [0.25, 0.3) is 0 Å². The fourth-order valence-electron chi connectivity index (χ4n) is 2.91. The van der Waals surface area contributed by atoms with E-state index in [0.717, 1.165) is 30.0 Å². The Hall–Kier alpha value is -2.12. The number of pyridine rings is 1. The van der Waals surface area contributed by atoms with Gasteiger partial charge in [-0.3, -0.25) is 0 Å². The predicted molar refractivity (Wildman–Crippen MR) is 97.3 cm³/mol. The second kappa shape index (κ2) is 7.41. The summed E-state index contributed by atoms with van der Waals surface area (Å²) in [6.45, 7) is 1.87. The summed E-state index contributed by atoms with van der Waals surface area (Å²) in [5, 5.41) is 0. The van der Waals surface area contributed by atoms with E-state index in [1.165, 1.54) is 10.5 Å². The SMILES string of the molecule is COc1ccc(CN(C)c2ccc(S(=O)(=O)N3CCCC3)cn2)cc1. The first-order valence-electron chi connectivity index (χ1n) is 8.31. The van der Waals surface area contributed by atoms with Crippen molar-refractivity contribution in [2.45, 2.75) is 24.3 Å². The number of hydrogen-bond acceptors (Lipinski definition) is 5. The van der Waals surface area contributed by atoms with Gasteiger partial charge in [0, 0.05) is 32.9 Å². The number of hydrogen-bond donors (Lipinski definition) is 0. The second-order valence-electron chi connectivity index (χ2n) is 6.17. The van der Waals surface area contributed by atoms with Crippen LogP contribution in [0, 0.1) is 0 Å². The molecule has 0 N–H and O–H groups in total. The summed E-state index contributed by atoms with van der Waals surface area (Å²) in [5.74, 6) is 1.55. The fraction of sp³-hybridized carbons (Fsp3) is 0.389. The largest absolute Gasteiger partial charge is 0.497 e. The van der Waals surface area contributed by atoms with Crippen LogP contribution >= 0.6 is 0 Å². The summed E-state index contributed by atoms with van der Waals surface area (Å²) in [6, 6.07) is 11.2. The number of methoxy groups -OCH3 is 1. The molecule has 7 heteroatoms. The minimum Gasteiger partial charge on any atom is -0.497 e. The number of benzene rings is 1. The van der Waals surface area contributed by atoms with E-state index in [0.29, 0.717) is 19.6 Å². The van der Waals surface area contributed by atoms with Crippen molar-refractivity contribution in [3.8, 4) is 5.75 Å². The third kappa shape index (κ3) is 3.93. The quantitative estimate of drug-likeness (QED) is 0.791. The number of rotatable bonds is 6. The van der Waals surface area contributed by atoms with Crippen molar-refractivity contribution in [3.05, 3.63) is 48.2 Å². The van der Waals surface area contributed by atoms with E-state index in [1.807, 2.05) is 36.2 Å². The van der Waals surface area contributed by atoms with E-state index in [-0.39, 0.29) is 4.90 Å². The first-order valence-corrected chi connectivity index (χ1v) is 9.75.